The van der Waals surface area contributed by atoms with Gasteiger partial charge >= 0.3 is 0 Å². The summed E-state index contributed by atoms with van der Waals surface area (Å²) in [6, 6.07) is 10.1. The highest BCUT2D eigenvalue weighted by atomic mass is 32.2. The Morgan fingerprint density at radius 2 is 2.00 bits per heavy atom. The zero-order valence-corrected chi connectivity index (χ0v) is 14.7. The van der Waals surface area contributed by atoms with E-state index in [9.17, 15) is 4.21 Å². The number of hydrogen-bond acceptors (Lipinski definition) is 5. The number of aryl methyl sites for hydroxylation is 2. The van der Waals surface area contributed by atoms with Gasteiger partial charge in [0.2, 0.25) is 0 Å². The first-order valence-electron chi connectivity index (χ1n) is 7.40. The third-order valence-electron chi connectivity index (χ3n) is 3.64. The van der Waals surface area contributed by atoms with Crippen molar-refractivity contribution in [1.29, 1.82) is 0 Å². The van der Waals surface area contributed by atoms with Gasteiger partial charge in [-0.15, -0.1) is 11.3 Å². The molecular weight excluding hydrogens is 328 g/mol. The van der Waals surface area contributed by atoms with Gasteiger partial charge in [0.15, 0.2) is 0 Å². The van der Waals surface area contributed by atoms with E-state index >= 15 is 0 Å². The second-order valence-corrected chi connectivity index (χ2v) is 7.79. The maximum atomic E-state index is 12.3. The molecule has 2 aromatic heterocycles. The van der Waals surface area contributed by atoms with Crippen LogP contribution in [-0.4, -0.2) is 20.1 Å². The molecule has 0 saturated carbocycles. The third-order valence-corrected chi connectivity index (χ3v) is 5.86. The summed E-state index contributed by atoms with van der Waals surface area (Å²) in [7, 11) is -0.940. The molecule has 6 heteroatoms. The van der Waals surface area contributed by atoms with Crippen molar-refractivity contribution in [1.82, 2.24) is 10.1 Å². The van der Waals surface area contributed by atoms with E-state index in [0.29, 0.717) is 11.5 Å². The zero-order chi connectivity index (χ0) is 16.2. The lowest BCUT2D eigenvalue weighted by Gasteiger charge is -2.00. The molecule has 0 aliphatic rings. The van der Waals surface area contributed by atoms with Crippen molar-refractivity contribution in [3.05, 3.63) is 58.4 Å². The van der Waals surface area contributed by atoms with Crippen LogP contribution in [0.4, 0.5) is 0 Å². The Bertz CT molecular complexity index is 790. The van der Waals surface area contributed by atoms with Gasteiger partial charge in [-0.3, -0.25) is 4.21 Å². The summed E-state index contributed by atoms with van der Waals surface area (Å²) >= 11 is 1.59. The molecule has 120 valence electrons. The van der Waals surface area contributed by atoms with Crippen molar-refractivity contribution in [2.45, 2.75) is 26.0 Å². The van der Waals surface area contributed by atoms with E-state index in [1.807, 2.05) is 49.6 Å². The van der Waals surface area contributed by atoms with Crippen LogP contribution in [0.5, 0.6) is 0 Å². The molecule has 3 rings (SSSR count). The minimum Gasteiger partial charge on any atom is -0.361 e. The van der Waals surface area contributed by atoms with Gasteiger partial charge in [0, 0.05) is 33.1 Å². The van der Waals surface area contributed by atoms with Gasteiger partial charge in [-0.05, 0) is 20.3 Å². The second kappa shape index (κ2) is 7.19. The summed E-state index contributed by atoms with van der Waals surface area (Å²) in [5, 5.41) is 6.90. The van der Waals surface area contributed by atoms with Gasteiger partial charge in [0.05, 0.1) is 17.1 Å². The minimum atomic E-state index is -0.940. The largest absolute Gasteiger partial charge is 0.361 e. The normalized spacial score (nSPS) is 12.4. The zero-order valence-electron chi connectivity index (χ0n) is 13.1. The van der Waals surface area contributed by atoms with E-state index in [1.54, 1.807) is 11.3 Å². The van der Waals surface area contributed by atoms with E-state index in [4.69, 9.17) is 4.52 Å². The monoisotopic (exact) mass is 346 g/mol. The fraction of sp³-hybridized carbons (Fsp3) is 0.294. The molecule has 0 N–H and O–H groups in total. The molecule has 23 heavy (non-hydrogen) atoms. The van der Waals surface area contributed by atoms with Crippen molar-refractivity contribution in [2.75, 3.05) is 5.75 Å². The number of aromatic nitrogens is 2. The third kappa shape index (κ3) is 3.95. The van der Waals surface area contributed by atoms with Crippen LogP contribution >= 0.6 is 11.3 Å². The van der Waals surface area contributed by atoms with Crippen LogP contribution in [0.1, 0.15) is 22.7 Å². The minimum absolute atomic E-state index is 0.493. The number of nitrogens with zero attached hydrogens (tertiary/aromatic N) is 2. The molecule has 3 aromatic rings. The summed E-state index contributed by atoms with van der Waals surface area (Å²) in [6.07, 6.45) is 0.726. The molecule has 4 nitrogen and oxygen atoms in total. The van der Waals surface area contributed by atoms with E-state index in [1.165, 1.54) is 0 Å². The van der Waals surface area contributed by atoms with Crippen LogP contribution in [0.15, 0.2) is 40.2 Å². The van der Waals surface area contributed by atoms with Crippen LogP contribution in [0.25, 0.3) is 10.6 Å². The quantitative estimate of drug-likeness (QED) is 0.679. The number of benzene rings is 1. The standard InChI is InChI=1S/C17H18N2O2S2/c1-12-16(13(2)21-19-12)8-9-23(20)11-15-10-22-17(18-15)14-6-4-3-5-7-14/h3-7,10H,8-9,11H2,1-2H3/t23-/m1/s1. The molecule has 0 amide bonds. The lowest BCUT2D eigenvalue weighted by molar-refractivity contribution is 0.392. The van der Waals surface area contributed by atoms with Crippen LogP contribution in [0, 0.1) is 13.8 Å². The summed E-state index contributed by atoms with van der Waals surface area (Å²) in [6.45, 7) is 3.81. The fourth-order valence-electron chi connectivity index (χ4n) is 2.40. The van der Waals surface area contributed by atoms with Crippen molar-refractivity contribution in [2.24, 2.45) is 0 Å². The summed E-state index contributed by atoms with van der Waals surface area (Å²) < 4.78 is 17.4. The van der Waals surface area contributed by atoms with Gasteiger partial charge in [-0.25, -0.2) is 4.98 Å². The highest BCUT2D eigenvalue weighted by Gasteiger charge is 2.12. The summed E-state index contributed by atoms with van der Waals surface area (Å²) in [5.74, 6) is 1.91. The molecule has 0 fully saturated rings. The smallest absolute Gasteiger partial charge is 0.137 e. The Balaban J connectivity index is 1.59. The molecule has 0 aliphatic carbocycles. The van der Waals surface area contributed by atoms with Crippen LogP contribution in [0.2, 0.25) is 0 Å². The fourth-order valence-corrected chi connectivity index (χ4v) is 4.38. The lowest BCUT2D eigenvalue weighted by atomic mass is 10.1. The summed E-state index contributed by atoms with van der Waals surface area (Å²) in [4.78, 5) is 4.60. The van der Waals surface area contributed by atoms with E-state index in [2.05, 4.69) is 10.1 Å². The highest BCUT2D eigenvalue weighted by molar-refractivity contribution is 7.84. The molecule has 2 heterocycles. The SMILES string of the molecule is Cc1noc(C)c1CC[S@@](=O)Cc1csc(-c2ccccc2)n1. The Hall–Kier alpha value is -1.79. The van der Waals surface area contributed by atoms with Crippen molar-refractivity contribution in [3.63, 3.8) is 0 Å². The number of hydrogen-bond donors (Lipinski definition) is 0. The van der Waals surface area contributed by atoms with Gasteiger partial charge in [0.1, 0.15) is 10.8 Å². The average molecular weight is 346 g/mol. The van der Waals surface area contributed by atoms with E-state index in [-0.39, 0.29) is 0 Å². The van der Waals surface area contributed by atoms with Crippen molar-refractivity contribution >= 4 is 22.1 Å². The first-order chi connectivity index (χ1) is 11.1. The first kappa shape index (κ1) is 16.1. The maximum absolute atomic E-state index is 12.3. The Morgan fingerprint density at radius 3 is 2.70 bits per heavy atom. The number of rotatable bonds is 6. The molecule has 0 spiro atoms. The van der Waals surface area contributed by atoms with E-state index in [0.717, 1.165) is 39.7 Å². The van der Waals surface area contributed by atoms with Crippen LogP contribution < -0.4 is 0 Å². The molecule has 1 atom stereocenters. The van der Waals surface area contributed by atoms with Crippen LogP contribution in [-0.2, 0) is 23.0 Å². The number of thiazole rings is 1. The first-order valence-corrected chi connectivity index (χ1v) is 9.77. The predicted molar refractivity (Wildman–Crippen MR) is 93.9 cm³/mol. The second-order valence-electron chi connectivity index (χ2n) is 5.35. The van der Waals surface area contributed by atoms with Crippen LogP contribution in [0.3, 0.4) is 0 Å². The maximum Gasteiger partial charge on any atom is 0.137 e. The van der Waals surface area contributed by atoms with Gasteiger partial charge in [-0.1, -0.05) is 35.5 Å². The Morgan fingerprint density at radius 1 is 1.22 bits per heavy atom. The lowest BCUT2D eigenvalue weighted by Crippen LogP contribution is -2.05. The van der Waals surface area contributed by atoms with Crippen molar-refractivity contribution in [3.8, 4) is 10.6 Å². The van der Waals surface area contributed by atoms with Gasteiger partial charge < -0.3 is 4.52 Å². The van der Waals surface area contributed by atoms with Gasteiger partial charge in [0.25, 0.3) is 0 Å². The van der Waals surface area contributed by atoms with Crippen molar-refractivity contribution < 1.29 is 8.73 Å². The van der Waals surface area contributed by atoms with Gasteiger partial charge in [-0.2, -0.15) is 0 Å². The molecule has 0 bridgehead atoms. The average Bonchev–Trinajstić information content (AvgIpc) is 3.14. The molecule has 1 aromatic carbocycles. The molecule has 0 saturated heterocycles. The predicted octanol–water partition coefficient (Wildman–Crippen LogP) is 3.91. The molecule has 0 radical (unpaired) electrons. The molecule has 0 aliphatic heterocycles. The molecular formula is C17H18N2O2S2. The topological polar surface area (TPSA) is 56.0 Å². The highest BCUT2D eigenvalue weighted by Crippen LogP contribution is 2.24. The Kier molecular flexibility index (Phi) is 5.03. The molecule has 0 unspecified atom stereocenters. The summed E-state index contributed by atoms with van der Waals surface area (Å²) in [5.41, 5.74) is 3.96. The van der Waals surface area contributed by atoms with E-state index < -0.39 is 10.8 Å². The Labute approximate surface area is 142 Å².